The molecule has 1 aliphatic heterocycles. The zero-order chi connectivity index (χ0) is 14.1. The largest absolute Gasteiger partial charge is 0.311 e. The molecule has 0 aliphatic carbocycles. The summed E-state index contributed by atoms with van der Waals surface area (Å²) >= 11 is 0. The number of nitrogens with one attached hydrogen (secondary N) is 2. The molecule has 1 aromatic heterocycles. The normalized spacial score (nSPS) is 24.1. The third-order valence-electron chi connectivity index (χ3n) is 3.91. The molecule has 106 valence electrons. The van der Waals surface area contributed by atoms with Crippen molar-refractivity contribution in [2.24, 2.45) is 0 Å². The van der Waals surface area contributed by atoms with Crippen LogP contribution in [0, 0.1) is 0 Å². The molecule has 2 aromatic rings. The van der Waals surface area contributed by atoms with Gasteiger partial charge in [0.2, 0.25) is 0 Å². The summed E-state index contributed by atoms with van der Waals surface area (Å²) < 4.78 is 0. The van der Waals surface area contributed by atoms with Gasteiger partial charge < -0.3 is 10.3 Å². The summed E-state index contributed by atoms with van der Waals surface area (Å²) in [6.45, 7) is 7.00. The number of H-pyrrole nitrogens is 1. The fourth-order valence-corrected chi connectivity index (χ4v) is 2.72. The molecule has 0 amide bonds. The molecule has 1 fully saturated rings. The minimum Gasteiger partial charge on any atom is -0.311 e. The number of piperazine rings is 1. The van der Waals surface area contributed by atoms with Gasteiger partial charge in [0.05, 0.1) is 17.4 Å². The van der Waals surface area contributed by atoms with Gasteiger partial charge in [-0.25, -0.2) is 4.98 Å². The van der Waals surface area contributed by atoms with Gasteiger partial charge in [-0.15, -0.1) is 0 Å². The maximum absolute atomic E-state index is 12.1. The summed E-state index contributed by atoms with van der Waals surface area (Å²) in [5, 5.41) is 4.11. The van der Waals surface area contributed by atoms with Crippen LogP contribution < -0.4 is 10.9 Å². The molecule has 2 unspecified atom stereocenters. The Labute approximate surface area is 118 Å². The first-order chi connectivity index (χ1) is 9.63. The lowest BCUT2D eigenvalue weighted by Gasteiger charge is -2.37. The molecule has 2 N–H and O–H groups in total. The standard InChI is InChI=1S/C15H20N4O/c1-10-8-19(11(2)7-16-10)9-14-17-13-6-4-3-5-12(13)15(20)18-14/h3-6,10-11,16H,7-9H2,1-2H3,(H,17,18,20). The lowest BCUT2D eigenvalue weighted by atomic mass is 10.1. The van der Waals surface area contributed by atoms with E-state index in [1.54, 1.807) is 6.07 Å². The highest BCUT2D eigenvalue weighted by Gasteiger charge is 2.23. The van der Waals surface area contributed by atoms with Gasteiger partial charge in [0.1, 0.15) is 5.82 Å². The lowest BCUT2D eigenvalue weighted by molar-refractivity contribution is 0.135. The Morgan fingerprint density at radius 1 is 1.35 bits per heavy atom. The SMILES string of the molecule is CC1CN(Cc2nc3ccccc3c(=O)[nH]2)C(C)CN1. The summed E-state index contributed by atoms with van der Waals surface area (Å²) in [6, 6.07) is 8.38. The van der Waals surface area contributed by atoms with Gasteiger partial charge in [-0.2, -0.15) is 0 Å². The topological polar surface area (TPSA) is 61.0 Å². The highest BCUT2D eigenvalue weighted by atomic mass is 16.1. The molecule has 5 heteroatoms. The molecule has 2 heterocycles. The van der Waals surface area contributed by atoms with E-state index >= 15 is 0 Å². The van der Waals surface area contributed by atoms with Crippen LogP contribution in [0.3, 0.4) is 0 Å². The number of para-hydroxylation sites is 1. The predicted molar refractivity (Wildman–Crippen MR) is 79.7 cm³/mol. The first-order valence-corrected chi connectivity index (χ1v) is 7.09. The van der Waals surface area contributed by atoms with Gasteiger partial charge in [-0.1, -0.05) is 12.1 Å². The van der Waals surface area contributed by atoms with E-state index in [0.29, 0.717) is 24.0 Å². The summed E-state index contributed by atoms with van der Waals surface area (Å²) in [7, 11) is 0. The Balaban J connectivity index is 1.89. The molecule has 0 radical (unpaired) electrons. The van der Waals surface area contributed by atoms with Gasteiger partial charge in [0.15, 0.2) is 0 Å². The van der Waals surface area contributed by atoms with Crippen LogP contribution in [-0.4, -0.2) is 40.0 Å². The summed E-state index contributed by atoms with van der Waals surface area (Å²) in [5.41, 5.74) is 0.712. The van der Waals surface area contributed by atoms with Gasteiger partial charge in [-0.05, 0) is 26.0 Å². The number of rotatable bonds is 2. The zero-order valence-electron chi connectivity index (χ0n) is 11.9. The van der Waals surface area contributed by atoms with Crippen LogP contribution in [0.2, 0.25) is 0 Å². The molecule has 5 nitrogen and oxygen atoms in total. The average Bonchev–Trinajstić information content (AvgIpc) is 2.43. The predicted octanol–water partition coefficient (Wildman–Crippen LogP) is 1.11. The van der Waals surface area contributed by atoms with Crippen molar-refractivity contribution >= 4 is 10.9 Å². The van der Waals surface area contributed by atoms with Crippen molar-refractivity contribution < 1.29 is 0 Å². The van der Waals surface area contributed by atoms with Crippen molar-refractivity contribution in [3.63, 3.8) is 0 Å². The Hall–Kier alpha value is -1.72. The maximum atomic E-state index is 12.1. The number of aromatic nitrogens is 2. The number of benzene rings is 1. The monoisotopic (exact) mass is 272 g/mol. The van der Waals surface area contributed by atoms with Crippen LogP contribution in [0.5, 0.6) is 0 Å². The fraction of sp³-hybridized carbons (Fsp3) is 0.467. The maximum Gasteiger partial charge on any atom is 0.258 e. The van der Waals surface area contributed by atoms with Crippen LogP contribution in [0.25, 0.3) is 10.9 Å². The van der Waals surface area contributed by atoms with Crippen molar-refractivity contribution in [2.45, 2.75) is 32.5 Å². The van der Waals surface area contributed by atoms with E-state index in [2.05, 4.69) is 34.0 Å². The van der Waals surface area contributed by atoms with E-state index in [9.17, 15) is 4.79 Å². The van der Waals surface area contributed by atoms with Crippen LogP contribution in [0.4, 0.5) is 0 Å². The van der Waals surface area contributed by atoms with Crippen LogP contribution in [0.1, 0.15) is 19.7 Å². The third-order valence-corrected chi connectivity index (χ3v) is 3.91. The molecule has 3 rings (SSSR count). The summed E-state index contributed by atoms with van der Waals surface area (Å²) in [4.78, 5) is 21.9. The highest BCUT2D eigenvalue weighted by Crippen LogP contribution is 2.11. The first kappa shape index (κ1) is 13.3. The molecule has 20 heavy (non-hydrogen) atoms. The number of nitrogens with zero attached hydrogens (tertiary/aromatic N) is 2. The minimum absolute atomic E-state index is 0.0542. The van der Waals surface area contributed by atoms with Gasteiger partial charge >= 0.3 is 0 Å². The highest BCUT2D eigenvalue weighted by molar-refractivity contribution is 5.77. The van der Waals surface area contributed by atoms with E-state index in [1.807, 2.05) is 18.2 Å². The van der Waals surface area contributed by atoms with Gasteiger partial charge in [0.25, 0.3) is 5.56 Å². The lowest BCUT2D eigenvalue weighted by Crippen LogP contribution is -2.53. The van der Waals surface area contributed by atoms with Crippen molar-refractivity contribution in [1.29, 1.82) is 0 Å². The second-order valence-electron chi connectivity index (χ2n) is 5.62. The molecule has 2 atom stereocenters. The second-order valence-corrected chi connectivity index (χ2v) is 5.62. The third kappa shape index (κ3) is 2.59. The molecule has 0 saturated carbocycles. The molecule has 1 aliphatic rings. The quantitative estimate of drug-likeness (QED) is 0.859. The number of hydrogen-bond donors (Lipinski definition) is 2. The number of aromatic amines is 1. The van der Waals surface area contributed by atoms with Crippen molar-refractivity contribution in [2.75, 3.05) is 13.1 Å². The van der Waals surface area contributed by atoms with E-state index in [4.69, 9.17) is 0 Å². The summed E-state index contributed by atoms with van der Waals surface area (Å²) in [5.74, 6) is 0.745. The Morgan fingerprint density at radius 2 is 2.15 bits per heavy atom. The van der Waals surface area contributed by atoms with E-state index in [1.165, 1.54) is 0 Å². The fourth-order valence-electron chi connectivity index (χ4n) is 2.72. The molecule has 0 bridgehead atoms. The molecule has 0 spiro atoms. The van der Waals surface area contributed by atoms with Crippen molar-refractivity contribution in [1.82, 2.24) is 20.2 Å². The van der Waals surface area contributed by atoms with E-state index in [0.717, 1.165) is 24.4 Å². The van der Waals surface area contributed by atoms with E-state index in [-0.39, 0.29) is 5.56 Å². The Bertz CT molecular complexity index is 666. The van der Waals surface area contributed by atoms with E-state index < -0.39 is 0 Å². The average molecular weight is 272 g/mol. The van der Waals surface area contributed by atoms with Crippen molar-refractivity contribution in [3.8, 4) is 0 Å². The van der Waals surface area contributed by atoms with Gasteiger partial charge in [0, 0.05) is 25.2 Å². The number of fused-ring (bicyclic) bond motifs is 1. The zero-order valence-corrected chi connectivity index (χ0v) is 11.9. The molecular formula is C15H20N4O. The van der Waals surface area contributed by atoms with Crippen LogP contribution in [-0.2, 0) is 6.54 Å². The van der Waals surface area contributed by atoms with Crippen molar-refractivity contribution in [3.05, 3.63) is 40.4 Å². The molecule has 1 aromatic carbocycles. The molecular weight excluding hydrogens is 252 g/mol. The molecule has 1 saturated heterocycles. The smallest absolute Gasteiger partial charge is 0.258 e. The Kier molecular flexibility index (Phi) is 3.54. The van der Waals surface area contributed by atoms with Crippen LogP contribution in [0.15, 0.2) is 29.1 Å². The van der Waals surface area contributed by atoms with Gasteiger partial charge in [-0.3, -0.25) is 9.69 Å². The second kappa shape index (κ2) is 5.34. The van der Waals surface area contributed by atoms with Crippen LogP contribution >= 0.6 is 0 Å². The summed E-state index contributed by atoms with van der Waals surface area (Å²) in [6.07, 6.45) is 0. The number of hydrogen-bond acceptors (Lipinski definition) is 4. The minimum atomic E-state index is -0.0542. The Morgan fingerprint density at radius 3 is 3.00 bits per heavy atom. The first-order valence-electron chi connectivity index (χ1n) is 7.09.